The summed E-state index contributed by atoms with van der Waals surface area (Å²) in [5.74, 6) is 0.719. The van der Waals surface area contributed by atoms with Crippen LogP contribution in [0.4, 0.5) is 0 Å². The van der Waals surface area contributed by atoms with Crippen LogP contribution in [0.1, 0.15) is 30.6 Å². The molecule has 0 heterocycles. The SMILES string of the molecule is CCC(O)c1ccccc1OCc1cccc(Cl)c1. The van der Waals surface area contributed by atoms with Crippen LogP contribution >= 0.6 is 11.6 Å². The quantitative estimate of drug-likeness (QED) is 0.879. The Hall–Kier alpha value is -1.51. The standard InChI is InChI=1S/C16H17ClO2/c1-2-15(18)14-8-3-4-9-16(14)19-11-12-6-5-7-13(17)10-12/h3-10,15,18H,2,11H2,1H3. The van der Waals surface area contributed by atoms with Crippen molar-refractivity contribution in [2.24, 2.45) is 0 Å². The zero-order chi connectivity index (χ0) is 13.7. The summed E-state index contributed by atoms with van der Waals surface area (Å²) < 4.78 is 5.78. The number of ether oxygens (including phenoxy) is 1. The van der Waals surface area contributed by atoms with Crippen molar-refractivity contribution in [3.63, 3.8) is 0 Å². The Morgan fingerprint density at radius 3 is 2.68 bits per heavy atom. The molecule has 1 N–H and O–H groups in total. The highest BCUT2D eigenvalue weighted by Gasteiger charge is 2.11. The van der Waals surface area contributed by atoms with Gasteiger partial charge in [0.25, 0.3) is 0 Å². The van der Waals surface area contributed by atoms with E-state index in [2.05, 4.69) is 0 Å². The van der Waals surface area contributed by atoms with Crippen molar-refractivity contribution in [3.8, 4) is 5.75 Å². The van der Waals surface area contributed by atoms with Crippen LogP contribution in [0.25, 0.3) is 0 Å². The Kier molecular flexibility index (Phi) is 4.83. The molecule has 0 aliphatic carbocycles. The monoisotopic (exact) mass is 276 g/mol. The molecule has 2 aromatic rings. The molecule has 0 saturated carbocycles. The number of aliphatic hydroxyl groups is 1. The van der Waals surface area contributed by atoms with Crippen LogP contribution in [0.5, 0.6) is 5.75 Å². The van der Waals surface area contributed by atoms with E-state index in [-0.39, 0.29) is 0 Å². The summed E-state index contributed by atoms with van der Waals surface area (Å²) in [6.07, 6.45) is 0.174. The first-order valence-electron chi connectivity index (χ1n) is 6.35. The van der Waals surface area contributed by atoms with Gasteiger partial charge in [0.2, 0.25) is 0 Å². The van der Waals surface area contributed by atoms with Crippen LogP contribution in [0.2, 0.25) is 5.02 Å². The van der Waals surface area contributed by atoms with Gasteiger partial charge in [-0.25, -0.2) is 0 Å². The van der Waals surface area contributed by atoms with Crippen molar-refractivity contribution in [2.75, 3.05) is 0 Å². The third kappa shape index (κ3) is 3.72. The van der Waals surface area contributed by atoms with Crippen molar-refractivity contribution in [1.82, 2.24) is 0 Å². The lowest BCUT2D eigenvalue weighted by molar-refractivity contribution is 0.166. The molecule has 0 saturated heterocycles. The van der Waals surface area contributed by atoms with E-state index in [1.165, 1.54) is 0 Å². The maximum atomic E-state index is 9.95. The number of para-hydroxylation sites is 1. The molecule has 19 heavy (non-hydrogen) atoms. The number of hydrogen-bond acceptors (Lipinski definition) is 2. The fraction of sp³-hybridized carbons (Fsp3) is 0.250. The zero-order valence-electron chi connectivity index (χ0n) is 10.8. The molecule has 0 bridgehead atoms. The Balaban J connectivity index is 2.11. The Bertz CT molecular complexity index is 540. The lowest BCUT2D eigenvalue weighted by Gasteiger charge is -2.15. The predicted octanol–water partition coefficient (Wildman–Crippen LogP) is 4.36. The molecule has 3 heteroatoms. The van der Waals surface area contributed by atoms with Crippen molar-refractivity contribution < 1.29 is 9.84 Å². The second-order valence-corrected chi connectivity index (χ2v) is 4.82. The van der Waals surface area contributed by atoms with Crippen molar-refractivity contribution >= 4 is 11.6 Å². The van der Waals surface area contributed by atoms with Gasteiger partial charge in [-0.05, 0) is 30.2 Å². The number of rotatable bonds is 5. The maximum absolute atomic E-state index is 9.95. The van der Waals surface area contributed by atoms with Crippen LogP contribution in [-0.2, 0) is 6.61 Å². The highest BCUT2D eigenvalue weighted by Crippen LogP contribution is 2.27. The molecule has 0 aliphatic rings. The van der Waals surface area contributed by atoms with Crippen molar-refractivity contribution in [2.45, 2.75) is 26.1 Å². The summed E-state index contributed by atoms with van der Waals surface area (Å²) in [5, 5.41) is 10.6. The number of aliphatic hydroxyl groups excluding tert-OH is 1. The van der Waals surface area contributed by atoms with Gasteiger partial charge in [-0.15, -0.1) is 0 Å². The molecule has 0 fully saturated rings. The molecule has 0 radical (unpaired) electrons. The average molecular weight is 277 g/mol. The molecule has 1 atom stereocenters. The molecule has 0 aliphatic heterocycles. The van der Waals surface area contributed by atoms with E-state index in [9.17, 15) is 5.11 Å². The van der Waals surface area contributed by atoms with Gasteiger partial charge < -0.3 is 9.84 Å². The van der Waals surface area contributed by atoms with Crippen LogP contribution in [0.15, 0.2) is 48.5 Å². The van der Waals surface area contributed by atoms with Crippen LogP contribution in [0.3, 0.4) is 0 Å². The number of benzene rings is 2. The van der Waals surface area contributed by atoms with Gasteiger partial charge >= 0.3 is 0 Å². The second kappa shape index (κ2) is 6.60. The van der Waals surface area contributed by atoms with E-state index in [0.717, 1.165) is 16.9 Å². The van der Waals surface area contributed by atoms with Crippen LogP contribution in [-0.4, -0.2) is 5.11 Å². The van der Waals surface area contributed by atoms with Crippen LogP contribution in [0, 0.1) is 0 Å². The van der Waals surface area contributed by atoms with Gasteiger partial charge in [0, 0.05) is 10.6 Å². The van der Waals surface area contributed by atoms with Crippen LogP contribution < -0.4 is 4.74 Å². The second-order valence-electron chi connectivity index (χ2n) is 4.38. The minimum Gasteiger partial charge on any atom is -0.489 e. The number of hydrogen-bond donors (Lipinski definition) is 1. The third-order valence-electron chi connectivity index (χ3n) is 2.95. The highest BCUT2D eigenvalue weighted by molar-refractivity contribution is 6.30. The van der Waals surface area contributed by atoms with E-state index in [1.54, 1.807) is 0 Å². The van der Waals surface area contributed by atoms with E-state index in [0.29, 0.717) is 18.1 Å². The Labute approximate surface area is 118 Å². The summed E-state index contributed by atoms with van der Waals surface area (Å²) in [4.78, 5) is 0. The summed E-state index contributed by atoms with van der Waals surface area (Å²) >= 11 is 5.94. The van der Waals surface area contributed by atoms with E-state index in [4.69, 9.17) is 16.3 Å². The molecular weight excluding hydrogens is 260 g/mol. The van der Waals surface area contributed by atoms with Gasteiger partial charge in [0.05, 0.1) is 6.10 Å². The van der Waals surface area contributed by atoms with E-state index >= 15 is 0 Å². The third-order valence-corrected chi connectivity index (χ3v) is 3.18. The van der Waals surface area contributed by atoms with Crippen molar-refractivity contribution in [1.29, 1.82) is 0 Å². The van der Waals surface area contributed by atoms with E-state index in [1.807, 2.05) is 55.5 Å². The number of halogens is 1. The minimum atomic E-state index is -0.490. The largest absolute Gasteiger partial charge is 0.489 e. The Morgan fingerprint density at radius 1 is 1.16 bits per heavy atom. The molecule has 0 amide bonds. The lowest BCUT2D eigenvalue weighted by atomic mass is 10.1. The molecule has 0 aromatic heterocycles. The van der Waals surface area contributed by atoms with Gasteiger partial charge in [0.15, 0.2) is 0 Å². The average Bonchev–Trinajstić information content (AvgIpc) is 2.45. The minimum absolute atomic E-state index is 0.438. The Morgan fingerprint density at radius 2 is 1.95 bits per heavy atom. The highest BCUT2D eigenvalue weighted by atomic mass is 35.5. The summed E-state index contributed by atoms with van der Waals surface area (Å²) in [7, 11) is 0. The van der Waals surface area contributed by atoms with Gasteiger partial charge in [0.1, 0.15) is 12.4 Å². The summed E-state index contributed by atoms with van der Waals surface area (Å²) in [5.41, 5.74) is 1.83. The summed E-state index contributed by atoms with van der Waals surface area (Å²) in [6, 6.07) is 15.1. The normalized spacial score (nSPS) is 12.2. The smallest absolute Gasteiger partial charge is 0.125 e. The molecule has 2 nitrogen and oxygen atoms in total. The van der Waals surface area contributed by atoms with Gasteiger partial charge in [-0.2, -0.15) is 0 Å². The van der Waals surface area contributed by atoms with E-state index < -0.39 is 6.10 Å². The molecule has 100 valence electrons. The molecule has 2 rings (SSSR count). The predicted molar refractivity (Wildman–Crippen MR) is 77.5 cm³/mol. The first-order valence-corrected chi connectivity index (χ1v) is 6.72. The molecule has 2 aromatic carbocycles. The first kappa shape index (κ1) is 13.9. The first-order chi connectivity index (χ1) is 9.20. The summed E-state index contributed by atoms with van der Waals surface area (Å²) in [6.45, 7) is 2.38. The van der Waals surface area contributed by atoms with Gasteiger partial charge in [-0.1, -0.05) is 48.9 Å². The van der Waals surface area contributed by atoms with Gasteiger partial charge in [-0.3, -0.25) is 0 Å². The molecular formula is C16H17ClO2. The fourth-order valence-corrected chi connectivity index (χ4v) is 2.11. The zero-order valence-corrected chi connectivity index (χ0v) is 11.6. The maximum Gasteiger partial charge on any atom is 0.125 e. The fourth-order valence-electron chi connectivity index (χ4n) is 1.90. The van der Waals surface area contributed by atoms with Crippen molar-refractivity contribution in [3.05, 3.63) is 64.7 Å². The molecule has 1 unspecified atom stereocenters. The lowest BCUT2D eigenvalue weighted by Crippen LogP contribution is -2.02. The topological polar surface area (TPSA) is 29.5 Å². The molecule has 0 spiro atoms.